The fourth-order valence-electron chi connectivity index (χ4n) is 2.16. The highest BCUT2D eigenvalue weighted by molar-refractivity contribution is 9.10. The summed E-state index contributed by atoms with van der Waals surface area (Å²) < 4.78 is 11.9. The summed E-state index contributed by atoms with van der Waals surface area (Å²) >= 11 is 3.36. The van der Waals surface area contributed by atoms with Crippen molar-refractivity contribution in [3.8, 4) is 11.5 Å². The number of allylic oxidation sites excluding steroid dienone is 1. The predicted molar refractivity (Wildman–Crippen MR) is 91.3 cm³/mol. The fourth-order valence-corrected chi connectivity index (χ4v) is 2.42. The molecule has 0 fully saturated rings. The van der Waals surface area contributed by atoms with Gasteiger partial charge in [-0.2, -0.15) is 0 Å². The van der Waals surface area contributed by atoms with Gasteiger partial charge in [0.25, 0.3) is 5.91 Å². The van der Waals surface area contributed by atoms with Gasteiger partial charge in [-0.1, -0.05) is 28.1 Å². The van der Waals surface area contributed by atoms with Gasteiger partial charge in [0.1, 0.15) is 11.5 Å². The lowest BCUT2D eigenvalue weighted by Crippen LogP contribution is -2.34. The highest BCUT2D eigenvalue weighted by Crippen LogP contribution is 2.34. The van der Waals surface area contributed by atoms with E-state index < -0.39 is 5.91 Å². The van der Waals surface area contributed by atoms with Gasteiger partial charge in [-0.05, 0) is 35.9 Å². The molecule has 2 aromatic carbocycles. The van der Waals surface area contributed by atoms with Gasteiger partial charge in [-0.3, -0.25) is 15.0 Å². The number of carbonyl (C=O) groups excluding carboxylic acids is 2. The highest BCUT2D eigenvalue weighted by Gasteiger charge is 2.27. The van der Waals surface area contributed by atoms with Crippen molar-refractivity contribution >= 4 is 33.7 Å². The van der Waals surface area contributed by atoms with Crippen LogP contribution in [-0.2, 0) is 4.79 Å². The molecule has 0 saturated carbocycles. The van der Waals surface area contributed by atoms with E-state index in [1.54, 1.807) is 24.3 Å². The van der Waals surface area contributed by atoms with Gasteiger partial charge in [0.05, 0.1) is 5.56 Å². The van der Waals surface area contributed by atoms with E-state index in [1.165, 1.54) is 0 Å². The number of benzene rings is 2. The monoisotopic (exact) mass is 388 g/mol. The van der Waals surface area contributed by atoms with Gasteiger partial charge in [0, 0.05) is 10.5 Å². The molecule has 122 valence electrons. The highest BCUT2D eigenvalue weighted by atomic mass is 79.9. The normalized spacial score (nSPS) is 14.2. The molecular formula is C17H13BrN2O4. The number of hydrogen-bond donors (Lipinski definition) is 2. The molecule has 7 heteroatoms. The molecule has 3 rings (SSSR count). The van der Waals surface area contributed by atoms with Gasteiger partial charge < -0.3 is 9.47 Å². The molecule has 24 heavy (non-hydrogen) atoms. The van der Waals surface area contributed by atoms with Crippen LogP contribution in [0.3, 0.4) is 0 Å². The third-order valence-corrected chi connectivity index (χ3v) is 3.87. The van der Waals surface area contributed by atoms with Crippen molar-refractivity contribution in [3.05, 3.63) is 63.8 Å². The SMILES string of the molecule is NNC(=O)COc1ccc2c(c1)OC(=Cc1ccc(Br)cc1)C2=O. The Morgan fingerprint density at radius 1 is 1.25 bits per heavy atom. The molecule has 1 aliphatic rings. The molecule has 0 saturated heterocycles. The number of carbonyl (C=O) groups is 2. The Labute approximate surface area is 146 Å². The molecule has 1 amide bonds. The molecule has 6 nitrogen and oxygen atoms in total. The summed E-state index contributed by atoms with van der Waals surface area (Å²) in [5.41, 5.74) is 3.28. The standard InChI is InChI=1S/C17H13BrN2O4/c18-11-3-1-10(2-4-11)7-15-17(22)13-6-5-12(8-14(13)24-15)23-9-16(21)20-19/h1-8H,9,19H2,(H,20,21). The third kappa shape index (κ3) is 3.47. The quantitative estimate of drug-likeness (QED) is 0.363. The maximum Gasteiger partial charge on any atom is 0.271 e. The van der Waals surface area contributed by atoms with Crippen molar-refractivity contribution in [3.63, 3.8) is 0 Å². The van der Waals surface area contributed by atoms with Crippen molar-refractivity contribution in [2.24, 2.45) is 5.84 Å². The number of ether oxygens (including phenoxy) is 2. The zero-order valence-corrected chi connectivity index (χ0v) is 14.0. The number of ketones is 1. The van der Waals surface area contributed by atoms with Crippen LogP contribution >= 0.6 is 15.9 Å². The molecule has 1 aliphatic heterocycles. The lowest BCUT2D eigenvalue weighted by Gasteiger charge is -2.06. The van der Waals surface area contributed by atoms with Crippen molar-refractivity contribution in [1.29, 1.82) is 0 Å². The first-order valence-corrected chi connectivity index (χ1v) is 7.82. The Morgan fingerprint density at radius 3 is 2.71 bits per heavy atom. The molecule has 0 atom stereocenters. The van der Waals surface area contributed by atoms with Crippen molar-refractivity contribution in [2.75, 3.05) is 6.61 Å². The summed E-state index contributed by atoms with van der Waals surface area (Å²) in [6.45, 7) is -0.217. The zero-order chi connectivity index (χ0) is 17.1. The summed E-state index contributed by atoms with van der Waals surface area (Å²) in [5, 5.41) is 0. The van der Waals surface area contributed by atoms with E-state index in [0.717, 1.165) is 10.0 Å². The Hall–Kier alpha value is -2.64. The molecular weight excluding hydrogens is 376 g/mol. The van der Waals surface area contributed by atoms with Crippen LogP contribution in [0.15, 0.2) is 52.7 Å². The second kappa shape index (κ2) is 6.86. The summed E-state index contributed by atoms with van der Waals surface area (Å²) in [5.74, 6) is 5.38. The number of halogens is 1. The number of rotatable bonds is 4. The summed E-state index contributed by atoms with van der Waals surface area (Å²) in [4.78, 5) is 23.5. The van der Waals surface area contributed by atoms with E-state index >= 15 is 0 Å². The van der Waals surface area contributed by atoms with Crippen LogP contribution in [0, 0.1) is 0 Å². The molecule has 3 N–H and O–H groups in total. The smallest absolute Gasteiger partial charge is 0.271 e. The fraction of sp³-hybridized carbons (Fsp3) is 0.0588. The van der Waals surface area contributed by atoms with E-state index in [1.807, 2.05) is 29.7 Å². The minimum absolute atomic E-state index is 0.195. The number of Topliss-reactive ketones (excluding diaryl/α,β-unsaturated/α-hetero) is 1. The first kappa shape index (κ1) is 16.2. The summed E-state index contributed by atoms with van der Waals surface area (Å²) in [6, 6.07) is 12.3. The maximum absolute atomic E-state index is 12.4. The van der Waals surface area contributed by atoms with Crippen molar-refractivity contribution in [2.45, 2.75) is 0 Å². The molecule has 0 unspecified atom stereocenters. The first-order valence-electron chi connectivity index (χ1n) is 7.03. The Bertz CT molecular complexity index is 831. The van der Waals surface area contributed by atoms with Crippen LogP contribution in [0.2, 0.25) is 0 Å². The average Bonchev–Trinajstić information content (AvgIpc) is 2.90. The molecule has 0 spiro atoms. The maximum atomic E-state index is 12.4. The first-order chi connectivity index (χ1) is 11.6. The summed E-state index contributed by atoms with van der Waals surface area (Å²) in [7, 11) is 0. The van der Waals surface area contributed by atoms with E-state index in [2.05, 4.69) is 15.9 Å². The molecule has 0 bridgehead atoms. The largest absolute Gasteiger partial charge is 0.484 e. The Balaban J connectivity index is 1.79. The average molecular weight is 389 g/mol. The van der Waals surface area contributed by atoms with E-state index in [0.29, 0.717) is 17.1 Å². The van der Waals surface area contributed by atoms with Crippen molar-refractivity contribution in [1.82, 2.24) is 5.43 Å². The van der Waals surface area contributed by atoms with Crippen LogP contribution in [0.5, 0.6) is 11.5 Å². The van der Waals surface area contributed by atoms with Crippen LogP contribution in [0.1, 0.15) is 15.9 Å². The number of nitrogens with two attached hydrogens (primary N) is 1. The van der Waals surface area contributed by atoms with Crippen LogP contribution in [0.4, 0.5) is 0 Å². The third-order valence-electron chi connectivity index (χ3n) is 3.34. The Kier molecular flexibility index (Phi) is 4.64. The predicted octanol–water partition coefficient (Wildman–Crippen LogP) is 2.43. The lowest BCUT2D eigenvalue weighted by atomic mass is 10.1. The van der Waals surface area contributed by atoms with Gasteiger partial charge in [0.2, 0.25) is 5.78 Å². The summed E-state index contributed by atoms with van der Waals surface area (Å²) in [6.07, 6.45) is 1.68. The zero-order valence-electron chi connectivity index (χ0n) is 12.4. The minimum atomic E-state index is -0.455. The second-order valence-electron chi connectivity index (χ2n) is 5.01. The molecule has 0 radical (unpaired) electrons. The minimum Gasteiger partial charge on any atom is -0.484 e. The number of amides is 1. The van der Waals surface area contributed by atoms with E-state index in [9.17, 15) is 9.59 Å². The van der Waals surface area contributed by atoms with E-state index in [-0.39, 0.29) is 18.1 Å². The Morgan fingerprint density at radius 2 is 2.00 bits per heavy atom. The number of hydrogen-bond acceptors (Lipinski definition) is 5. The molecule has 0 aromatic heterocycles. The van der Waals surface area contributed by atoms with Crippen molar-refractivity contribution < 1.29 is 19.1 Å². The number of hydrazine groups is 1. The van der Waals surface area contributed by atoms with Gasteiger partial charge in [-0.25, -0.2) is 5.84 Å². The number of nitrogens with one attached hydrogen (secondary N) is 1. The molecule has 2 aromatic rings. The van der Waals surface area contributed by atoms with Gasteiger partial charge >= 0.3 is 0 Å². The lowest BCUT2D eigenvalue weighted by molar-refractivity contribution is -0.123. The van der Waals surface area contributed by atoms with Crippen LogP contribution < -0.4 is 20.7 Å². The van der Waals surface area contributed by atoms with Crippen LogP contribution in [0.25, 0.3) is 6.08 Å². The van der Waals surface area contributed by atoms with Gasteiger partial charge in [-0.15, -0.1) is 0 Å². The second-order valence-corrected chi connectivity index (χ2v) is 5.92. The van der Waals surface area contributed by atoms with Gasteiger partial charge in [0.15, 0.2) is 12.4 Å². The van der Waals surface area contributed by atoms with E-state index in [4.69, 9.17) is 15.3 Å². The number of fused-ring (bicyclic) bond motifs is 1. The van der Waals surface area contributed by atoms with Crippen LogP contribution in [-0.4, -0.2) is 18.3 Å². The molecule has 1 heterocycles. The molecule has 0 aliphatic carbocycles. The topological polar surface area (TPSA) is 90.7 Å².